The van der Waals surface area contributed by atoms with Gasteiger partial charge in [-0.05, 0) is 60.6 Å². The average Bonchev–Trinajstić information content (AvgIpc) is 3.73. The van der Waals surface area contributed by atoms with Gasteiger partial charge in [0.05, 0.1) is 31.7 Å². The van der Waals surface area contributed by atoms with Crippen LogP contribution < -0.4 is 9.47 Å². The van der Waals surface area contributed by atoms with Gasteiger partial charge in [0.25, 0.3) is 5.91 Å². The van der Waals surface area contributed by atoms with Gasteiger partial charge < -0.3 is 9.47 Å². The van der Waals surface area contributed by atoms with Gasteiger partial charge in [-0.1, -0.05) is 74.5 Å². The number of carbonyl (C=O) groups excluding carboxylic acids is 1. The number of rotatable bonds is 7. The Balaban J connectivity index is 1.34. The third-order valence-electron chi connectivity index (χ3n) is 9.45. The number of alkyl halides is 3. The largest absolute Gasteiger partial charge is 0.496 e. The Kier molecular flexibility index (Phi) is 8.67. The van der Waals surface area contributed by atoms with Gasteiger partial charge in [-0.3, -0.25) is 4.79 Å². The first-order chi connectivity index (χ1) is 24.1. The van der Waals surface area contributed by atoms with Crippen LogP contribution in [0.4, 0.5) is 13.2 Å². The van der Waals surface area contributed by atoms with Crippen molar-refractivity contribution in [2.24, 2.45) is 11.0 Å². The molecular weight excluding hydrogens is 643 g/mol. The van der Waals surface area contributed by atoms with E-state index in [0.717, 1.165) is 53.3 Å². The Morgan fingerprint density at radius 2 is 1.64 bits per heavy atom. The fraction of sp³-hybridized carbons (Fsp3) is 0.282. The second-order valence-corrected chi connectivity index (χ2v) is 12.8. The number of aromatic nitrogens is 3. The summed E-state index contributed by atoms with van der Waals surface area (Å²) in [5, 5.41) is 10.5. The number of hydrazone groups is 1. The molecule has 3 heterocycles. The van der Waals surface area contributed by atoms with Crippen molar-refractivity contribution in [1.29, 1.82) is 0 Å². The van der Waals surface area contributed by atoms with Crippen LogP contribution in [0.1, 0.15) is 77.9 Å². The van der Waals surface area contributed by atoms with E-state index in [9.17, 15) is 18.0 Å². The molecular formula is C39H36F3N5O3. The van der Waals surface area contributed by atoms with Gasteiger partial charge in [-0.25, -0.2) is 14.5 Å². The summed E-state index contributed by atoms with van der Waals surface area (Å²) in [6.45, 7) is 4.09. The van der Waals surface area contributed by atoms with Crippen LogP contribution in [0.2, 0.25) is 0 Å². The predicted octanol–water partition coefficient (Wildman–Crippen LogP) is 8.99. The van der Waals surface area contributed by atoms with Crippen molar-refractivity contribution in [2.45, 2.75) is 51.2 Å². The van der Waals surface area contributed by atoms with Gasteiger partial charge in [-0.2, -0.15) is 23.4 Å². The lowest BCUT2D eigenvalue weighted by Gasteiger charge is -2.30. The number of ether oxygens (including phenoxy) is 2. The van der Waals surface area contributed by atoms with E-state index in [0.29, 0.717) is 21.6 Å². The number of benzene rings is 3. The molecule has 0 unspecified atom stereocenters. The van der Waals surface area contributed by atoms with Gasteiger partial charge in [-0.15, -0.1) is 0 Å². The smallest absolute Gasteiger partial charge is 0.433 e. The second-order valence-electron chi connectivity index (χ2n) is 12.8. The molecule has 0 bridgehead atoms. The minimum atomic E-state index is -4.76. The van der Waals surface area contributed by atoms with Crippen LogP contribution in [0.25, 0.3) is 23.0 Å². The predicted molar refractivity (Wildman–Crippen MR) is 185 cm³/mol. The highest BCUT2D eigenvalue weighted by Gasteiger charge is 2.46. The number of fused-ring (bicyclic) bond motifs is 2. The summed E-state index contributed by atoms with van der Waals surface area (Å²) in [6.07, 6.45) is -0.384. The number of nitrogens with zero attached hydrogens (tertiary/aromatic N) is 5. The molecule has 1 aliphatic heterocycles. The topological polar surface area (TPSA) is 81.3 Å². The molecule has 1 saturated carbocycles. The lowest BCUT2D eigenvalue weighted by atomic mass is 9.77. The molecule has 2 atom stereocenters. The summed E-state index contributed by atoms with van der Waals surface area (Å²) in [5.41, 5.74) is 3.72. The molecule has 3 aromatic carbocycles. The Hall–Kier alpha value is -5.45. The molecule has 2 aliphatic rings. The molecule has 256 valence electrons. The highest BCUT2D eigenvalue weighted by atomic mass is 19.4. The molecule has 1 amide bonds. The van der Waals surface area contributed by atoms with Crippen molar-refractivity contribution in [1.82, 2.24) is 19.6 Å². The summed E-state index contributed by atoms with van der Waals surface area (Å²) in [5.74, 6) is 0.728. The van der Waals surface area contributed by atoms with Crippen LogP contribution in [-0.4, -0.2) is 45.4 Å². The standard InChI is InChI=1S/C39H36F3N5O3/c1-23(2)24-16-18-25(19-17-24)30-21-34(39(40,41)42)46-35(43-30)22-31(44-46)38(48)47-37(28-12-6-8-15-33(28)50-4)29-13-9-11-27(36(29)45-47)20-26-10-5-7-14-32(26)49-3/h5-8,10,12,14-23,29,37H,9,11,13H2,1-4H3/b27-20+/t29-,37+/m0/s1. The number of carbonyl (C=O) groups is 1. The molecule has 7 rings (SSSR count). The molecule has 1 fully saturated rings. The monoisotopic (exact) mass is 679 g/mol. The molecule has 5 aromatic rings. The molecule has 1 aliphatic carbocycles. The van der Waals surface area contributed by atoms with Crippen molar-refractivity contribution in [2.75, 3.05) is 14.2 Å². The van der Waals surface area contributed by atoms with E-state index in [1.54, 1.807) is 26.4 Å². The Morgan fingerprint density at radius 1 is 0.940 bits per heavy atom. The van der Waals surface area contributed by atoms with Crippen LogP contribution in [0, 0.1) is 5.92 Å². The average molecular weight is 680 g/mol. The summed E-state index contributed by atoms with van der Waals surface area (Å²) < 4.78 is 55.5. The van der Waals surface area contributed by atoms with Crippen LogP contribution in [0.3, 0.4) is 0 Å². The molecule has 0 saturated heterocycles. The van der Waals surface area contributed by atoms with Crippen molar-refractivity contribution in [3.05, 3.63) is 119 Å². The van der Waals surface area contributed by atoms with E-state index >= 15 is 0 Å². The molecule has 2 aromatic heterocycles. The first kappa shape index (κ1) is 33.1. The number of hydrogen-bond acceptors (Lipinski definition) is 6. The second kappa shape index (κ2) is 13.1. The highest BCUT2D eigenvalue weighted by Crippen LogP contribution is 2.47. The molecule has 0 spiro atoms. The number of allylic oxidation sites excluding steroid dienone is 1. The molecule has 11 heteroatoms. The van der Waals surface area contributed by atoms with Crippen molar-refractivity contribution in [3.63, 3.8) is 0 Å². The van der Waals surface area contributed by atoms with Crippen molar-refractivity contribution >= 4 is 23.3 Å². The third-order valence-corrected chi connectivity index (χ3v) is 9.45. The number of halogens is 3. The minimum Gasteiger partial charge on any atom is -0.496 e. The zero-order valence-corrected chi connectivity index (χ0v) is 28.1. The first-order valence-electron chi connectivity index (χ1n) is 16.5. The van der Waals surface area contributed by atoms with Crippen molar-refractivity contribution in [3.8, 4) is 22.8 Å². The number of amides is 1. The van der Waals surface area contributed by atoms with Gasteiger partial charge >= 0.3 is 6.18 Å². The normalized spacial score (nSPS) is 18.4. The Labute approximate surface area is 287 Å². The summed E-state index contributed by atoms with van der Waals surface area (Å²) in [6, 6.07) is 24.1. The summed E-state index contributed by atoms with van der Waals surface area (Å²) in [4.78, 5) is 19.0. The molecule has 50 heavy (non-hydrogen) atoms. The first-order valence-corrected chi connectivity index (χ1v) is 16.5. The maximum Gasteiger partial charge on any atom is 0.433 e. The highest BCUT2D eigenvalue weighted by molar-refractivity contribution is 6.09. The third kappa shape index (κ3) is 6.01. The Bertz CT molecular complexity index is 2140. The lowest BCUT2D eigenvalue weighted by molar-refractivity contribution is -0.142. The number of hydrogen-bond donors (Lipinski definition) is 0. The van der Waals surface area contributed by atoms with Gasteiger partial charge in [0.15, 0.2) is 17.0 Å². The fourth-order valence-corrected chi connectivity index (χ4v) is 6.95. The van der Waals surface area contributed by atoms with Crippen LogP contribution >= 0.6 is 0 Å². The van der Waals surface area contributed by atoms with Gasteiger partial charge in [0.2, 0.25) is 0 Å². The lowest BCUT2D eigenvalue weighted by Crippen LogP contribution is -2.32. The number of methoxy groups -OCH3 is 2. The fourth-order valence-electron chi connectivity index (χ4n) is 6.95. The quantitative estimate of drug-likeness (QED) is 0.172. The maximum absolute atomic E-state index is 14.5. The van der Waals surface area contributed by atoms with E-state index < -0.39 is 23.8 Å². The molecule has 0 radical (unpaired) electrons. The van der Waals surface area contributed by atoms with Gasteiger partial charge in [0.1, 0.15) is 11.5 Å². The number of para-hydroxylation sites is 2. The van der Waals surface area contributed by atoms with E-state index in [-0.39, 0.29) is 28.9 Å². The van der Waals surface area contributed by atoms with E-state index in [4.69, 9.17) is 14.6 Å². The summed E-state index contributed by atoms with van der Waals surface area (Å²) >= 11 is 0. The zero-order valence-electron chi connectivity index (χ0n) is 28.1. The van der Waals surface area contributed by atoms with Crippen LogP contribution in [0.5, 0.6) is 11.5 Å². The molecule has 0 N–H and O–H groups in total. The Morgan fingerprint density at radius 3 is 2.34 bits per heavy atom. The van der Waals surface area contributed by atoms with E-state index in [1.807, 2.05) is 80.6 Å². The minimum absolute atomic E-state index is 0.0963. The SMILES string of the molecule is COc1ccccc1/C=C1\CCC[C@H]2C1=NN(C(=O)c1cc3nc(-c4ccc(C(C)C)cc4)cc(C(F)(F)F)n3n1)[C@@H]2c1ccccc1OC. The van der Waals surface area contributed by atoms with Crippen molar-refractivity contribution < 1.29 is 27.4 Å². The van der Waals surface area contributed by atoms with Crippen LogP contribution in [0.15, 0.2) is 95.6 Å². The maximum atomic E-state index is 14.5. The van der Waals surface area contributed by atoms with E-state index in [1.165, 1.54) is 11.1 Å². The zero-order chi connectivity index (χ0) is 35.2. The summed E-state index contributed by atoms with van der Waals surface area (Å²) in [7, 11) is 3.18. The molecule has 8 nitrogen and oxygen atoms in total. The van der Waals surface area contributed by atoms with Crippen LogP contribution in [-0.2, 0) is 6.18 Å². The van der Waals surface area contributed by atoms with E-state index in [2.05, 4.69) is 10.1 Å². The van der Waals surface area contributed by atoms with Gasteiger partial charge in [0, 0.05) is 28.7 Å².